The fourth-order valence-corrected chi connectivity index (χ4v) is 4.09. The zero-order chi connectivity index (χ0) is 21.7. The largest absolute Gasteiger partial charge is 0.395 e. The van der Waals surface area contributed by atoms with Gasteiger partial charge in [0.1, 0.15) is 0 Å². The van der Waals surface area contributed by atoms with Crippen molar-refractivity contribution in [3.63, 3.8) is 0 Å². The zero-order valence-electron chi connectivity index (χ0n) is 17.1. The molecule has 0 spiro atoms. The molecule has 2 aliphatic heterocycles. The number of hydrogen-bond donors (Lipinski definition) is 4. The molecule has 2 aliphatic rings. The predicted molar refractivity (Wildman–Crippen MR) is 133 cm³/mol. The van der Waals surface area contributed by atoms with Crippen LogP contribution < -0.4 is 11.5 Å². The molecule has 0 radical (unpaired) electrons. The lowest BCUT2D eigenvalue weighted by atomic mass is 10.0. The molecule has 0 unspecified atom stereocenters. The van der Waals surface area contributed by atoms with Crippen molar-refractivity contribution in [3.8, 4) is 11.1 Å². The van der Waals surface area contributed by atoms with Crippen molar-refractivity contribution in [3.05, 3.63) is 83.4 Å². The van der Waals surface area contributed by atoms with Crippen molar-refractivity contribution in [2.75, 3.05) is 11.5 Å². The highest BCUT2D eigenvalue weighted by atomic mass is 14.8. The summed E-state index contributed by atoms with van der Waals surface area (Å²) in [6.45, 7) is 0. The van der Waals surface area contributed by atoms with Gasteiger partial charge in [0.2, 0.25) is 0 Å². The molecule has 0 saturated carbocycles. The van der Waals surface area contributed by atoms with Gasteiger partial charge in [0, 0.05) is 16.6 Å². The van der Waals surface area contributed by atoms with Crippen LogP contribution in [-0.4, -0.2) is 19.9 Å². The third-order valence-corrected chi connectivity index (χ3v) is 5.72. The van der Waals surface area contributed by atoms with Crippen LogP contribution in [-0.2, 0) is 0 Å². The van der Waals surface area contributed by atoms with Gasteiger partial charge in [-0.05, 0) is 60.2 Å². The standard InChI is InChI=1S/C26H20N6/c27-25-20-8-6-16(29-20)14-17-7-9-21(30-17)26(28)23-13-11-19(32-23)24(15-4-2-1-3-5-15)18-10-12-22(25)31-18/h1-14,29,32H,27-28H2. The van der Waals surface area contributed by atoms with Crippen LogP contribution in [0.15, 0.2) is 60.7 Å². The van der Waals surface area contributed by atoms with Crippen LogP contribution in [0.4, 0.5) is 11.4 Å². The third-order valence-electron chi connectivity index (χ3n) is 5.72. The van der Waals surface area contributed by atoms with E-state index in [0.717, 1.165) is 56.0 Å². The topological polar surface area (TPSA) is 109 Å². The lowest BCUT2D eigenvalue weighted by Gasteiger charge is -2.03. The van der Waals surface area contributed by atoms with Crippen LogP contribution >= 0.6 is 0 Å². The number of hydrogen-bond acceptors (Lipinski definition) is 4. The molecule has 3 aromatic heterocycles. The quantitative estimate of drug-likeness (QED) is 0.284. The summed E-state index contributed by atoms with van der Waals surface area (Å²) < 4.78 is 0. The number of H-pyrrole nitrogens is 2. The lowest BCUT2D eigenvalue weighted by Crippen LogP contribution is -1.91. The van der Waals surface area contributed by atoms with E-state index in [1.165, 1.54) is 0 Å². The van der Waals surface area contributed by atoms with Crippen LogP contribution in [0.3, 0.4) is 0 Å². The predicted octanol–water partition coefficient (Wildman–Crippen LogP) is 5.49. The number of fused-ring (bicyclic) bond motifs is 8. The Morgan fingerprint density at radius 2 is 1.25 bits per heavy atom. The van der Waals surface area contributed by atoms with Crippen molar-refractivity contribution in [2.45, 2.75) is 0 Å². The maximum absolute atomic E-state index is 6.48. The first-order valence-electron chi connectivity index (χ1n) is 10.4. The van der Waals surface area contributed by atoms with Crippen LogP contribution in [0.2, 0.25) is 0 Å². The Morgan fingerprint density at radius 3 is 2.09 bits per heavy atom. The number of nitrogen functional groups attached to an aromatic ring is 2. The Morgan fingerprint density at radius 1 is 0.594 bits per heavy atom. The van der Waals surface area contributed by atoms with Gasteiger partial charge < -0.3 is 21.4 Å². The summed E-state index contributed by atoms with van der Waals surface area (Å²) in [5.74, 6) is 0. The Kier molecular flexibility index (Phi) is 3.98. The molecule has 0 atom stereocenters. The minimum Gasteiger partial charge on any atom is -0.395 e. The van der Waals surface area contributed by atoms with Crippen molar-refractivity contribution in [1.82, 2.24) is 19.9 Å². The smallest absolute Gasteiger partial charge is 0.0888 e. The molecule has 6 rings (SSSR count). The Balaban J connectivity index is 1.78. The third kappa shape index (κ3) is 2.97. The highest BCUT2D eigenvalue weighted by Gasteiger charge is 2.13. The highest BCUT2D eigenvalue weighted by molar-refractivity contribution is 5.94. The van der Waals surface area contributed by atoms with Gasteiger partial charge in [-0.3, -0.25) is 0 Å². The molecule has 1 aromatic carbocycles. The fourth-order valence-electron chi connectivity index (χ4n) is 4.09. The lowest BCUT2D eigenvalue weighted by molar-refractivity contribution is 1.31. The first kappa shape index (κ1) is 18.2. The number of anilines is 2. The number of rotatable bonds is 1. The van der Waals surface area contributed by atoms with Gasteiger partial charge in [0.25, 0.3) is 0 Å². The van der Waals surface area contributed by atoms with Gasteiger partial charge in [-0.2, -0.15) is 0 Å². The van der Waals surface area contributed by atoms with Crippen LogP contribution in [0, 0.1) is 0 Å². The molecule has 0 saturated heterocycles. The first-order valence-corrected chi connectivity index (χ1v) is 10.4. The average Bonchev–Trinajstić information content (AvgIpc) is 3.61. The average molecular weight is 416 g/mol. The normalized spacial score (nSPS) is 12.4. The van der Waals surface area contributed by atoms with E-state index in [1.54, 1.807) is 0 Å². The van der Waals surface area contributed by atoms with Gasteiger partial charge >= 0.3 is 0 Å². The SMILES string of the molecule is Nc1c2nc(c(-c3ccccc3)c3ccc([nH]3)c(N)c3nc(cc4ccc1[nH]4)C=C3)C=C2. The molecular weight excluding hydrogens is 396 g/mol. The molecule has 6 nitrogen and oxygen atoms in total. The molecule has 154 valence electrons. The highest BCUT2D eigenvalue weighted by Crippen LogP contribution is 2.32. The molecule has 8 bridgehead atoms. The molecule has 0 aliphatic carbocycles. The summed E-state index contributed by atoms with van der Waals surface area (Å²) in [5, 5.41) is 0. The summed E-state index contributed by atoms with van der Waals surface area (Å²) in [6, 6.07) is 20.1. The van der Waals surface area contributed by atoms with E-state index in [2.05, 4.69) is 27.1 Å². The van der Waals surface area contributed by atoms with E-state index in [4.69, 9.17) is 16.5 Å². The second-order valence-electron chi connectivity index (χ2n) is 7.80. The van der Waals surface area contributed by atoms with Crippen molar-refractivity contribution >= 4 is 57.7 Å². The summed E-state index contributed by atoms with van der Waals surface area (Å²) in [4.78, 5) is 16.4. The van der Waals surface area contributed by atoms with Crippen molar-refractivity contribution in [2.24, 2.45) is 0 Å². The van der Waals surface area contributed by atoms with E-state index in [-0.39, 0.29) is 0 Å². The maximum Gasteiger partial charge on any atom is 0.0888 e. The molecule has 0 fully saturated rings. The fraction of sp³-hybridized carbons (Fsp3) is 0. The summed E-state index contributed by atoms with van der Waals surface area (Å²) in [5.41, 5.74) is 22.7. The first-order chi connectivity index (χ1) is 15.7. The van der Waals surface area contributed by atoms with Crippen LogP contribution in [0.25, 0.3) is 57.5 Å². The van der Waals surface area contributed by atoms with Gasteiger partial charge in [-0.25, -0.2) is 9.97 Å². The second-order valence-corrected chi connectivity index (χ2v) is 7.80. The molecule has 6 N–H and O–H groups in total. The molecule has 32 heavy (non-hydrogen) atoms. The Labute approximate surface area is 184 Å². The monoisotopic (exact) mass is 416 g/mol. The maximum atomic E-state index is 6.48. The molecule has 4 aromatic rings. The van der Waals surface area contributed by atoms with E-state index >= 15 is 0 Å². The Bertz CT molecular complexity index is 1590. The minimum atomic E-state index is 0.594. The van der Waals surface area contributed by atoms with E-state index in [9.17, 15) is 0 Å². The van der Waals surface area contributed by atoms with E-state index in [1.807, 2.05) is 72.8 Å². The van der Waals surface area contributed by atoms with Crippen LogP contribution in [0.1, 0.15) is 22.8 Å². The molecular formula is C26H20N6. The van der Waals surface area contributed by atoms with Crippen LogP contribution in [0.5, 0.6) is 0 Å². The number of nitrogens with one attached hydrogen (secondary N) is 2. The van der Waals surface area contributed by atoms with Gasteiger partial charge in [0.05, 0.1) is 45.2 Å². The number of benzene rings is 1. The molecule has 5 heterocycles. The minimum absolute atomic E-state index is 0.594. The number of aromatic nitrogens is 4. The van der Waals surface area contributed by atoms with E-state index in [0.29, 0.717) is 11.4 Å². The summed E-state index contributed by atoms with van der Waals surface area (Å²) in [6.07, 6.45) is 7.82. The van der Waals surface area contributed by atoms with E-state index < -0.39 is 0 Å². The summed E-state index contributed by atoms with van der Waals surface area (Å²) in [7, 11) is 0. The zero-order valence-corrected chi connectivity index (χ0v) is 17.1. The van der Waals surface area contributed by atoms with Gasteiger partial charge in [0.15, 0.2) is 0 Å². The van der Waals surface area contributed by atoms with Crippen molar-refractivity contribution in [1.29, 1.82) is 0 Å². The molecule has 0 amide bonds. The van der Waals surface area contributed by atoms with Gasteiger partial charge in [-0.1, -0.05) is 30.3 Å². The van der Waals surface area contributed by atoms with Gasteiger partial charge in [-0.15, -0.1) is 0 Å². The number of aromatic amines is 2. The van der Waals surface area contributed by atoms with Crippen molar-refractivity contribution < 1.29 is 0 Å². The number of nitrogens with zero attached hydrogens (tertiary/aromatic N) is 2. The summed E-state index contributed by atoms with van der Waals surface area (Å²) >= 11 is 0. The molecule has 6 heteroatoms. The Hall–Kier alpha value is -4.58. The second kappa shape index (κ2) is 6.99. The number of nitrogens with two attached hydrogens (primary N) is 2.